The summed E-state index contributed by atoms with van der Waals surface area (Å²) in [5.74, 6) is -2.55. The lowest BCUT2D eigenvalue weighted by Crippen LogP contribution is -2.34. The highest BCUT2D eigenvalue weighted by Crippen LogP contribution is 2.40. The Kier molecular flexibility index (Phi) is 6.39. The molecule has 2 aromatic heterocycles. The van der Waals surface area contributed by atoms with Gasteiger partial charge in [0, 0.05) is 23.1 Å². The molecule has 2 unspecified atom stereocenters. The lowest BCUT2D eigenvalue weighted by atomic mass is 9.80. The average molecular weight is 432 g/mol. The zero-order chi connectivity index (χ0) is 20.3. The van der Waals surface area contributed by atoms with Gasteiger partial charge in [0.25, 0.3) is 0 Å². The number of anilines is 1. The van der Waals surface area contributed by atoms with E-state index in [1.54, 1.807) is 5.38 Å². The summed E-state index contributed by atoms with van der Waals surface area (Å²) in [5.41, 5.74) is 0.691. The average Bonchev–Trinajstić information content (AvgIpc) is 3.28. The van der Waals surface area contributed by atoms with Crippen LogP contribution in [0, 0.1) is 11.8 Å². The summed E-state index contributed by atoms with van der Waals surface area (Å²) in [4.78, 5) is 29.6. The normalized spacial score (nSPS) is 20.0. The number of carbonyl (C=O) groups is 2. The predicted molar refractivity (Wildman–Crippen MR) is 103 cm³/mol. The number of rotatable bonds is 5. The highest BCUT2D eigenvalue weighted by molar-refractivity contribution is 7.17. The third-order valence-corrected chi connectivity index (χ3v) is 6.53. The molecule has 1 saturated carbocycles. The summed E-state index contributed by atoms with van der Waals surface area (Å²) in [7, 11) is 0. The van der Waals surface area contributed by atoms with E-state index in [1.807, 2.05) is 12.1 Å². The van der Waals surface area contributed by atoms with Crippen molar-refractivity contribution in [3.63, 3.8) is 0 Å². The molecule has 10 heteroatoms. The number of thiophene rings is 1. The minimum Gasteiger partial charge on any atom is -0.351 e. The Morgan fingerprint density at radius 3 is 2.79 bits per heavy atom. The third-order valence-electron chi connectivity index (χ3n) is 4.67. The number of hydrogen-bond donors (Lipinski definition) is 2. The molecule has 0 aromatic carbocycles. The molecule has 0 spiro atoms. The molecule has 1 fully saturated rings. The van der Waals surface area contributed by atoms with Gasteiger partial charge in [-0.05, 0) is 31.4 Å². The first-order chi connectivity index (χ1) is 13.2. The van der Waals surface area contributed by atoms with Crippen molar-refractivity contribution in [3.05, 3.63) is 22.4 Å². The monoisotopic (exact) mass is 431 g/mol. The van der Waals surface area contributed by atoms with Crippen LogP contribution in [0.1, 0.15) is 37.5 Å². The fraction of sp³-hybridized carbons (Fsp3) is 0.500. The highest BCUT2D eigenvalue weighted by Gasteiger charge is 2.43. The quantitative estimate of drug-likeness (QED) is 0.713. The summed E-state index contributed by atoms with van der Waals surface area (Å²) in [5, 5.41) is 7.57. The van der Waals surface area contributed by atoms with Crippen molar-refractivity contribution in [2.75, 3.05) is 5.32 Å². The van der Waals surface area contributed by atoms with Gasteiger partial charge in [0.1, 0.15) is 0 Å². The maximum Gasteiger partial charge on any atom is 0.391 e. The lowest BCUT2D eigenvalue weighted by Gasteiger charge is -2.29. The second-order valence-corrected chi connectivity index (χ2v) is 8.83. The van der Waals surface area contributed by atoms with E-state index in [0.717, 1.165) is 9.75 Å². The van der Waals surface area contributed by atoms with E-state index in [0.29, 0.717) is 30.2 Å². The molecule has 1 aliphatic rings. The first-order valence-corrected chi connectivity index (χ1v) is 10.6. The van der Waals surface area contributed by atoms with Crippen molar-refractivity contribution in [1.82, 2.24) is 10.3 Å². The van der Waals surface area contributed by atoms with Crippen molar-refractivity contribution in [2.45, 2.75) is 45.3 Å². The van der Waals surface area contributed by atoms with Gasteiger partial charge in [0.15, 0.2) is 5.13 Å². The van der Waals surface area contributed by atoms with Gasteiger partial charge >= 0.3 is 6.18 Å². The largest absolute Gasteiger partial charge is 0.391 e. The molecule has 0 radical (unpaired) electrons. The molecule has 152 valence electrons. The molecular formula is C18H20F3N3O2S2. The van der Waals surface area contributed by atoms with Crippen LogP contribution in [-0.2, 0) is 16.1 Å². The number of nitrogens with one attached hydrogen (secondary N) is 2. The van der Waals surface area contributed by atoms with Crippen LogP contribution in [0.3, 0.4) is 0 Å². The Labute approximate surface area is 168 Å². The van der Waals surface area contributed by atoms with Crippen LogP contribution in [0.15, 0.2) is 17.5 Å². The number of alkyl halides is 3. The van der Waals surface area contributed by atoms with Gasteiger partial charge in [-0.3, -0.25) is 9.59 Å². The van der Waals surface area contributed by atoms with Crippen LogP contribution in [0.5, 0.6) is 0 Å². The molecule has 3 rings (SSSR count). The zero-order valence-electron chi connectivity index (χ0n) is 15.1. The van der Waals surface area contributed by atoms with E-state index in [4.69, 9.17) is 0 Å². The maximum atomic E-state index is 12.9. The molecule has 2 amide bonds. The fourth-order valence-corrected chi connectivity index (χ4v) is 4.90. The molecule has 0 bridgehead atoms. The number of carbonyl (C=O) groups excluding carboxylic acids is 2. The summed E-state index contributed by atoms with van der Waals surface area (Å²) in [6.45, 7) is 1.89. The number of halogens is 3. The van der Waals surface area contributed by atoms with Gasteiger partial charge in [-0.15, -0.1) is 22.7 Å². The van der Waals surface area contributed by atoms with Crippen LogP contribution >= 0.6 is 22.7 Å². The van der Waals surface area contributed by atoms with Crippen LogP contribution in [0.2, 0.25) is 0 Å². The standard InChI is InChI=1S/C18H20F3N3O2S2/c1-10(25)22-8-13-5-6-15(28-13)14-9-27-17(23-14)24-16(26)11-3-2-4-12(7-11)18(19,20)21/h5-6,9,11-12H,2-4,7-8H2,1H3,(H,22,25)(H,23,24,26). The molecule has 2 N–H and O–H groups in total. The highest BCUT2D eigenvalue weighted by atomic mass is 32.1. The van der Waals surface area contributed by atoms with Crippen molar-refractivity contribution < 1.29 is 22.8 Å². The van der Waals surface area contributed by atoms with Gasteiger partial charge in [-0.25, -0.2) is 4.98 Å². The summed E-state index contributed by atoms with van der Waals surface area (Å²) >= 11 is 2.73. The summed E-state index contributed by atoms with van der Waals surface area (Å²) < 4.78 is 38.8. The Bertz CT molecular complexity index is 847. The summed E-state index contributed by atoms with van der Waals surface area (Å²) in [6.07, 6.45) is -3.45. The first-order valence-electron chi connectivity index (χ1n) is 8.89. The number of thiazole rings is 1. The Hall–Kier alpha value is -1.94. The Morgan fingerprint density at radius 1 is 1.29 bits per heavy atom. The lowest BCUT2D eigenvalue weighted by molar-refractivity contribution is -0.185. The molecule has 0 saturated heterocycles. The predicted octanol–water partition coefficient (Wildman–Crippen LogP) is 4.81. The second-order valence-electron chi connectivity index (χ2n) is 6.80. The van der Waals surface area contributed by atoms with Crippen LogP contribution in [0.25, 0.3) is 10.6 Å². The zero-order valence-corrected chi connectivity index (χ0v) is 16.8. The molecule has 0 aliphatic heterocycles. The molecule has 1 aliphatic carbocycles. The number of amides is 2. The fourth-order valence-electron chi connectivity index (χ4n) is 3.20. The Morgan fingerprint density at radius 2 is 2.07 bits per heavy atom. The van der Waals surface area contributed by atoms with Gasteiger partial charge in [0.05, 0.1) is 23.0 Å². The van der Waals surface area contributed by atoms with Gasteiger partial charge < -0.3 is 10.6 Å². The minimum absolute atomic E-state index is 0.0911. The number of aromatic nitrogens is 1. The summed E-state index contributed by atoms with van der Waals surface area (Å²) in [6, 6.07) is 3.78. The van der Waals surface area contributed by atoms with E-state index in [2.05, 4.69) is 15.6 Å². The molecule has 28 heavy (non-hydrogen) atoms. The number of hydrogen-bond acceptors (Lipinski definition) is 5. The van der Waals surface area contributed by atoms with E-state index in [9.17, 15) is 22.8 Å². The molecule has 2 heterocycles. The van der Waals surface area contributed by atoms with Gasteiger partial charge in [-0.1, -0.05) is 6.42 Å². The van der Waals surface area contributed by atoms with E-state index in [1.165, 1.54) is 29.6 Å². The van der Waals surface area contributed by atoms with Crippen molar-refractivity contribution in [3.8, 4) is 10.6 Å². The van der Waals surface area contributed by atoms with Crippen LogP contribution in [0.4, 0.5) is 18.3 Å². The number of nitrogens with zero attached hydrogens (tertiary/aromatic N) is 1. The van der Waals surface area contributed by atoms with E-state index in [-0.39, 0.29) is 18.7 Å². The van der Waals surface area contributed by atoms with Crippen molar-refractivity contribution in [1.29, 1.82) is 0 Å². The van der Waals surface area contributed by atoms with E-state index >= 15 is 0 Å². The second kappa shape index (κ2) is 8.60. The Balaban J connectivity index is 1.60. The molecule has 5 nitrogen and oxygen atoms in total. The molecular weight excluding hydrogens is 411 g/mol. The smallest absolute Gasteiger partial charge is 0.351 e. The van der Waals surface area contributed by atoms with Gasteiger partial charge in [-0.2, -0.15) is 13.2 Å². The minimum atomic E-state index is -4.25. The van der Waals surface area contributed by atoms with Crippen LogP contribution in [-0.4, -0.2) is 23.0 Å². The maximum absolute atomic E-state index is 12.9. The molecule has 2 atom stereocenters. The topological polar surface area (TPSA) is 71.1 Å². The first kappa shape index (κ1) is 20.8. The third kappa shape index (κ3) is 5.32. The van der Waals surface area contributed by atoms with Gasteiger partial charge in [0.2, 0.25) is 11.8 Å². The SMILES string of the molecule is CC(=O)NCc1ccc(-c2csc(NC(=O)C3CCCC(C(F)(F)F)C3)n2)s1. The van der Waals surface area contributed by atoms with E-state index < -0.39 is 23.9 Å². The van der Waals surface area contributed by atoms with Crippen molar-refractivity contribution in [2.24, 2.45) is 11.8 Å². The van der Waals surface area contributed by atoms with Crippen LogP contribution < -0.4 is 10.6 Å². The van der Waals surface area contributed by atoms with Crippen molar-refractivity contribution >= 4 is 39.6 Å². The molecule has 2 aromatic rings.